The van der Waals surface area contributed by atoms with Gasteiger partial charge in [-0.25, -0.2) is 4.99 Å². The van der Waals surface area contributed by atoms with Gasteiger partial charge in [0.05, 0.1) is 13.2 Å². The number of nitrogens with zero attached hydrogens (tertiary/aromatic N) is 1. The van der Waals surface area contributed by atoms with Gasteiger partial charge < -0.3 is 20.1 Å². The highest BCUT2D eigenvalue weighted by Gasteiger charge is 2.03. The normalized spacial score (nSPS) is 11.1. The fraction of sp³-hybridized carbons (Fsp3) is 0.471. The Balaban J connectivity index is 2.62. The summed E-state index contributed by atoms with van der Waals surface area (Å²) in [5, 5.41) is 6.46. The van der Waals surface area contributed by atoms with Crippen LogP contribution in [0.3, 0.4) is 0 Å². The maximum atomic E-state index is 5.64. The summed E-state index contributed by atoms with van der Waals surface area (Å²) in [7, 11) is 0. The maximum absolute atomic E-state index is 5.64. The molecule has 0 saturated carbocycles. The summed E-state index contributed by atoms with van der Waals surface area (Å²) in [6.07, 6.45) is 1.74. The van der Waals surface area contributed by atoms with Crippen molar-refractivity contribution in [2.24, 2.45) is 4.99 Å². The predicted octanol–water partition coefficient (Wildman–Crippen LogP) is 2.34. The quantitative estimate of drug-likeness (QED) is 0.301. The number of benzene rings is 1. The van der Waals surface area contributed by atoms with Gasteiger partial charge in [0.1, 0.15) is 12.4 Å². The molecule has 0 unspecified atom stereocenters. The lowest BCUT2D eigenvalue weighted by molar-refractivity contribution is 0.152. The van der Waals surface area contributed by atoms with E-state index >= 15 is 0 Å². The van der Waals surface area contributed by atoms with Gasteiger partial charge in [-0.1, -0.05) is 30.9 Å². The van der Waals surface area contributed by atoms with Crippen molar-refractivity contribution in [1.29, 1.82) is 0 Å². The Morgan fingerprint density at radius 1 is 1.27 bits per heavy atom. The van der Waals surface area contributed by atoms with Crippen LogP contribution in [0, 0.1) is 0 Å². The van der Waals surface area contributed by atoms with Crippen LogP contribution in [0.25, 0.3) is 0 Å². The number of guanidine groups is 1. The lowest BCUT2D eigenvalue weighted by Crippen LogP contribution is -2.39. The van der Waals surface area contributed by atoms with Crippen LogP contribution in [-0.2, 0) is 11.3 Å². The van der Waals surface area contributed by atoms with Crippen LogP contribution in [-0.4, -0.2) is 38.9 Å². The third-order valence-electron chi connectivity index (χ3n) is 2.82. The number of para-hydroxylation sites is 1. The Morgan fingerprint density at radius 3 is 2.82 bits per heavy atom. The van der Waals surface area contributed by atoms with Crippen LogP contribution in [0.15, 0.2) is 41.9 Å². The second kappa shape index (κ2) is 11.6. The highest BCUT2D eigenvalue weighted by molar-refractivity contribution is 5.79. The summed E-state index contributed by atoms with van der Waals surface area (Å²) in [5.74, 6) is 1.62. The molecule has 2 N–H and O–H groups in total. The fourth-order valence-corrected chi connectivity index (χ4v) is 1.82. The lowest BCUT2D eigenvalue weighted by atomic mass is 10.2. The van der Waals surface area contributed by atoms with Crippen molar-refractivity contribution in [3.63, 3.8) is 0 Å². The van der Waals surface area contributed by atoms with Gasteiger partial charge in [-0.15, -0.1) is 0 Å². The molecule has 0 bridgehead atoms. The fourth-order valence-electron chi connectivity index (χ4n) is 1.82. The van der Waals surface area contributed by atoms with E-state index in [2.05, 4.69) is 22.2 Å². The molecule has 0 fully saturated rings. The van der Waals surface area contributed by atoms with Crippen LogP contribution >= 0.6 is 0 Å². The SMILES string of the molecule is C=CCOc1ccccc1CN=C(NCC)NCCOCC. The first-order chi connectivity index (χ1) is 10.8. The minimum Gasteiger partial charge on any atom is -0.489 e. The summed E-state index contributed by atoms with van der Waals surface area (Å²) in [6, 6.07) is 7.91. The van der Waals surface area contributed by atoms with E-state index in [9.17, 15) is 0 Å². The molecule has 5 nitrogen and oxygen atoms in total. The Bertz CT molecular complexity index is 461. The molecule has 122 valence electrons. The minimum atomic E-state index is 0.493. The van der Waals surface area contributed by atoms with E-state index in [-0.39, 0.29) is 0 Å². The summed E-state index contributed by atoms with van der Waals surface area (Å²) >= 11 is 0. The van der Waals surface area contributed by atoms with Crippen molar-refractivity contribution in [3.05, 3.63) is 42.5 Å². The molecule has 1 rings (SSSR count). The molecule has 0 amide bonds. The van der Waals surface area contributed by atoms with Crippen molar-refractivity contribution < 1.29 is 9.47 Å². The molecule has 1 aromatic carbocycles. The van der Waals surface area contributed by atoms with Gasteiger partial charge in [0.25, 0.3) is 0 Å². The van der Waals surface area contributed by atoms with Gasteiger partial charge in [0.15, 0.2) is 5.96 Å². The highest BCUT2D eigenvalue weighted by Crippen LogP contribution is 2.18. The molecule has 1 aromatic rings. The van der Waals surface area contributed by atoms with Gasteiger partial charge in [0.2, 0.25) is 0 Å². The molecule has 22 heavy (non-hydrogen) atoms. The van der Waals surface area contributed by atoms with E-state index in [0.717, 1.165) is 37.0 Å². The first-order valence-corrected chi connectivity index (χ1v) is 7.73. The van der Waals surface area contributed by atoms with E-state index in [1.165, 1.54) is 0 Å². The summed E-state index contributed by atoms with van der Waals surface area (Å²) in [6.45, 7) is 11.7. The number of rotatable bonds is 10. The first-order valence-electron chi connectivity index (χ1n) is 7.73. The van der Waals surface area contributed by atoms with Crippen LogP contribution in [0.5, 0.6) is 5.75 Å². The summed E-state index contributed by atoms with van der Waals surface area (Å²) in [4.78, 5) is 4.58. The zero-order valence-electron chi connectivity index (χ0n) is 13.6. The molecular formula is C17H27N3O2. The van der Waals surface area contributed by atoms with Gasteiger partial charge in [-0.3, -0.25) is 0 Å². The van der Waals surface area contributed by atoms with Gasteiger partial charge in [0, 0.05) is 25.3 Å². The zero-order chi connectivity index (χ0) is 16.0. The molecule has 0 spiro atoms. The van der Waals surface area contributed by atoms with Crippen LogP contribution in [0.4, 0.5) is 0 Å². The first kappa shape index (κ1) is 18.0. The lowest BCUT2D eigenvalue weighted by Gasteiger charge is -2.12. The van der Waals surface area contributed by atoms with Gasteiger partial charge >= 0.3 is 0 Å². The summed E-state index contributed by atoms with van der Waals surface area (Å²) < 4.78 is 11.0. The van der Waals surface area contributed by atoms with Crippen molar-refractivity contribution in [2.75, 3.05) is 32.9 Å². The monoisotopic (exact) mass is 305 g/mol. The van der Waals surface area contributed by atoms with Gasteiger partial charge in [-0.05, 0) is 19.9 Å². The molecule has 0 aliphatic heterocycles. The molecule has 0 heterocycles. The predicted molar refractivity (Wildman–Crippen MR) is 91.4 cm³/mol. The highest BCUT2D eigenvalue weighted by atomic mass is 16.5. The maximum Gasteiger partial charge on any atom is 0.191 e. The average molecular weight is 305 g/mol. The van der Waals surface area contributed by atoms with E-state index in [1.54, 1.807) is 6.08 Å². The largest absolute Gasteiger partial charge is 0.489 e. The zero-order valence-corrected chi connectivity index (χ0v) is 13.6. The molecule has 5 heteroatoms. The Morgan fingerprint density at radius 2 is 2.09 bits per heavy atom. The standard InChI is InChI=1S/C17H27N3O2/c1-4-12-22-16-10-8-7-9-15(16)14-20-17(18-5-2)19-11-13-21-6-3/h4,7-10H,1,5-6,11-14H2,2-3H3,(H2,18,19,20). The Kier molecular flexibility index (Phi) is 9.54. The topological polar surface area (TPSA) is 54.9 Å². The molecule has 0 aliphatic rings. The van der Waals surface area contributed by atoms with Crippen molar-refractivity contribution in [2.45, 2.75) is 20.4 Å². The second-order valence-electron chi connectivity index (χ2n) is 4.53. The third-order valence-corrected chi connectivity index (χ3v) is 2.82. The smallest absolute Gasteiger partial charge is 0.191 e. The second-order valence-corrected chi connectivity index (χ2v) is 4.53. The minimum absolute atomic E-state index is 0.493. The van der Waals surface area contributed by atoms with Crippen LogP contribution in [0.2, 0.25) is 0 Å². The number of hydrogen-bond acceptors (Lipinski definition) is 3. The molecule has 0 atom stereocenters. The number of ether oxygens (including phenoxy) is 2. The third kappa shape index (κ3) is 7.13. The van der Waals surface area contributed by atoms with E-state index in [0.29, 0.717) is 19.8 Å². The van der Waals surface area contributed by atoms with E-state index in [4.69, 9.17) is 9.47 Å². The number of hydrogen-bond donors (Lipinski definition) is 2. The molecule has 0 aromatic heterocycles. The van der Waals surface area contributed by atoms with E-state index in [1.807, 2.05) is 38.1 Å². The average Bonchev–Trinajstić information content (AvgIpc) is 2.55. The number of aliphatic imine (C=N–C) groups is 1. The molecule has 0 aliphatic carbocycles. The Hall–Kier alpha value is -2.01. The van der Waals surface area contributed by atoms with Crippen molar-refractivity contribution in [1.82, 2.24) is 10.6 Å². The number of nitrogens with one attached hydrogen (secondary N) is 2. The van der Waals surface area contributed by atoms with Crippen LogP contribution < -0.4 is 15.4 Å². The van der Waals surface area contributed by atoms with Crippen LogP contribution in [0.1, 0.15) is 19.4 Å². The summed E-state index contributed by atoms with van der Waals surface area (Å²) in [5.41, 5.74) is 1.05. The molecular weight excluding hydrogens is 278 g/mol. The van der Waals surface area contributed by atoms with Gasteiger partial charge in [-0.2, -0.15) is 0 Å². The van der Waals surface area contributed by atoms with Crippen molar-refractivity contribution in [3.8, 4) is 5.75 Å². The molecule has 0 saturated heterocycles. The Labute approximate surface area is 133 Å². The van der Waals surface area contributed by atoms with Crippen molar-refractivity contribution >= 4 is 5.96 Å². The van der Waals surface area contributed by atoms with E-state index < -0.39 is 0 Å². The molecule has 0 radical (unpaired) electrons.